The minimum Gasteiger partial charge on any atom is -0.459 e. The van der Waals surface area contributed by atoms with E-state index in [4.69, 9.17) is 9.47 Å². The molecular formula is C33H35NO4P+. The molecule has 0 aliphatic carbocycles. The van der Waals surface area contributed by atoms with E-state index in [2.05, 4.69) is 41.7 Å². The van der Waals surface area contributed by atoms with E-state index < -0.39 is 31.0 Å². The van der Waals surface area contributed by atoms with Crippen LogP contribution in [0.4, 0.5) is 4.79 Å². The highest BCUT2D eigenvalue weighted by Gasteiger charge is 2.49. The fraction of sp³-hybridized carbons (Fsp3) is 0.212. The van der Waals surface area contributed by atoms with E-state index in [-0.39, 0.29) is 6.61 Å². The van der Waals surface area contributed by atoms with Crippen LogP contribution in [0.1, 0.15) is 26.3 Å². The smallest absolute Gasteiger partial charge is 0.408 e. The number of benzene rings is 4. The van der Waals surface area contributed by atoms with Crippen LogP contribution in [0, 0.1) is 0 Å². The summed E-state index contributed by atoms with van der Waals surface area (Å²) in [7, 11) is -2.44. The summed E-state index contributed by atoms with van der Waals surface area (Å²) in [6.07, 6.45) is -0.325. The average Bonchev–Trinajstić information content (AvgIpc) is 2.95. The zero-order valence-corrected chi connectivity index (χ0v) is 23.5. The van der Waals surface area contributed by atoms with Gasteiger partial charge in [-0.1, -0.05) is 84.9 Å². The molecule has 0 saturated heterocycles. The summed E-state index contributed by atoms with van der Waals surface area (Å²) in [4.78, 5) is 26.7. The largest absolute Gasteiger partial charge is 0.459 e. The Bertz CT molecular complexity index is 1240. The predicted molar refractivity (Wildman–Crippen MR) is 159 cm³/mol. The number of hydrogen-bond donors (Lipinski definition) is 1. The number of nitrogens with one attached hydrogen (secondary N) is 1. The second-order valence-corrected chi connectivity index (χ2v) is 13.8. The highest BCUT2D eigenvalue weighted by molar-refractivity contribution is 7.95. The zero-order chi connectivity index (χ0) is 27.7. The Hall–Kier alpha value is -3.95. The maximum absolute atomic E-state index is 13.7. The zero-order valence-electron chi connectivity index (χ0n) is 22.6. The maximum Gasteiger partial charge on any atom is 0.408 e. The van der Waals surface area contributed by atoms with E-state index in [1.165, 1.54) is 0 Å². The standard InChI is InChI=1S/C33H34NO4P/c1-33(2,3)38-32(36)34-30(31(35)37-24-26-16-8-4-9-17-26)25-39(27-18-10-5-11-19-27,28-20-12-6-13-21-28)29-22-14-7-15-23-29/h4-23,30H,24-25H2,1-3H3/p+1/t30-/m0/s1. The predicted octanol–water partition coefficient (Wildman–Crippen LogP) is 5.62. The molecule has 1 atom stereocenters. The first-order valence-corrected chi connectivity index (χ1v) is 15.0. The van der Waals surface area contributed by atoms with E-state index in [0.717, 1.165) is 21.5 Å². The number of carbonyl (C=O) groups is 2. The molecule has 1 N–H and O–H groups in total. The molecule has 5 nitrogen and oxygen atoms in total. The number of amides is 1. The first-order valence-electron chi connectivity index (χ1n) is 13.0. The Morgan fingerprint density at radius 2 is 1.10 bits per heavy atom. The van der Waals surface area contributed by atoms with E-state index in [1.807, 2.05) is 84.9 Å². The topological polar surface area (TPSA) is 64.6 Å². The van der Waals surface area contributed by atoms with E-state index in [1.54, 1.807) is 20.8 Å². The fourth-order valence-corrected chi connectivity index (χ4v) is 8.90. The molecule has 0 aliphatic rings. The SMILES string of the molecule is CC(C)(C)OC(=O)N[C@@H](C[P+](c1ccccc1)(c1ccccc1)c1ccccc1)C(=O)OCc1ccccc1. The van der Waals surface area contributed by atoms with Crippen LogP contribution >= 0.6 is 7.26 Å². The van der Waals surface area contributed by atoms with Gasteiger partial charge >= 0.3 is 12.1 Å². The van der Waals surface area contributed by atoms with Gasteiger partial charge in [0.25, 0.3) is 0 Å². The van der Waals surface area contributed by atoms with Crippen LogP contribution in [0.5, 0.6) is 0 Å². The molecular weight excluding hydrogens is 505 g/mol. The molecule has 0 fully saturated rings. The second-order valence-electron chi connectivity index (χ2n) is 10.3. The summed E-state index contributed by atoms with van der Waals surface area (Å²) in [6, 6.07) is 39.2. The molecule has 0 saturated carbocycles. The maximum atomic E-state index is 13.7. The molecule has 0 unspecified atom stereocenters. The summed E-state index contributed by atoms with van der Waals surface area (Å²) in [5.41, 5.74) is 0.157. The Labute approximate surface area is 231 Å². The summed E-state index contributed by atoms with van der Waals surface area (Å²) in [6.45, 7) is 5.50. The van der Waals surface area contributed by atoms with Crippen molar-refractivity contribution in [2.75, 3.05) is 6.16 Å². The molecule has 0 radical (unpaired) electrons. The van der Waals surface area contributed by atoms with Crippen molar-refractivity contribution >= 4 is 35.2 Å². The highest BCUT2D eigenvalue weighted by Crippen LogP contribution is 2.55. The second kappa shape index (κ2) is 12.7. The van der Waals surface area contributed by atoms with Gasteiger partial charge in [-0.2, -0.15) is 0 Å². The minimum atomic E-state index is -2.44. The van der Waals surface area contributed by atoms with Gasteiger partial charge in [0.15, 0.2) is 6.04 Å². The number of hydrogen-bond acceptors (Lipinski definition) is 4. The fourth-order valence-electron chi connectivity index (χ4n) is 4.54. The van der Waals surface area contributed by atoms with Crippen molar-refractivity contribution in [3.8, 4) is 0 Å². The lowest BCUT2D eigenvalue weighted by atomic mass is 10.2. The van der Waals surface area contributed by atoms with Crippen LogP contribution in [0.2, 0.25) is 0 Å². The molecule has 0 aromatic heterocycles. The van der Waals surface area contributed by atoms with E-state index in [0.29, 0.717) is 6.16 Å². The van der Waals surface area contributed by atoms with Crippen LogP contribution in [0.25, 0.3) is 0 Å². The Balaban J connectivity index is 1.79. The van der Waals surface area contributed by atoms with Gasteiger partial charge in [-0.25, -0.2) is 9.59 Å². The van der Waals surface area contributed by atoms with E-state index >= 15 is 0 Å². The normalized spacial score (nSPS) is 12.3. The van der Waals surface area contributed by atoms with Crippen LogP contribution < -0.4 is 21.2 Å². The molecule has 4 rings (SSSR count). The molecule has 39 heavy (non-hydrogen) atoms. The quantitative estimate of drug-likeness (QED) is 0.221. The van der Waals surface area contributed by atoms with Crippen LogP contribution in [0.3, 0.4) is 0 Å². The number of rotatable bonds is 9. The van der Waals surface area contributed by atoms with Gasteiger partial charge in [0.05, 0.1) is 0 Å². The van der Waals surface area contributed by atoms with Crippen molar-refractivity contribution in [1.29, 1.82) is 0 Å². The molecule has 0 spiro atoms. The van der Waals surface area contributed by atoms with Crippen molar-refractivity contribution < 1.29 is 19.1 Å². The molecule has 0 heterocycles. The third kappa shape index (κ3) is 7.34. The first kappa shape index (κ1) is 28.1. The number of ether oxygens (including phenoxy) is 2. The van der Waals surface area contributed by atoms with Crippen molar-refractivity contribution in [2.24, 2.45) is 0 Å². The lowest BCUT2D eigenvalue weighted by molar-refractivity contribution is -0.146. The third-order valence-corrected chi connectivity index (χ3v) is 10.7. The van der Waals surface area contributed by atoms with Gasteiger partial charge in [-0.3, -0.25) is 0 Å². The van der Waals surface area contributed by atoms with Crippen molar-refractivity contribution in [1.82, 2.24) is 5.32 Å². The summed E-state index contributed by atoms with van der Waals surface area (Å²) in [5.74, 6) is -0.503. The Morgan fingerprint density at radius 1 is 0.692 bits per heavy atom. The van der Waals surface area contributed by atoms with Gasteiger partial charge in [0.2, 0.25) is 0 Å². The molecule has 0 aliphatic heterocycles. The van der Waals surface area contributed by atoms with Crippen LogP contribution in [0.15, 0.2) is 121 Å². The van der Waals surface area contributed by atoms with Crippen molar-refractivity contribution in [3.63, 3.8) is 0 Å². The molecule has 1 amide bonds. The monoisotopic (exact) mass is 540 g/mol. The Morgan fingerprint density at radius 3 is 1.51 bits per heavy atom. The Kier molecular flexibility index (Phi) is 9.16. The minimum absolute atomic E-state index is 0.111. The van der Waals surface area contributed by atoms with Crippen LogP contribution in [-0.2, 0) is 20.9 Å². The van der Waals surface area contributed by atoms with Gasteiger partial charge in [-0.05, 0) is 62.7 Å². The lowest BCUT2D eigenvalue weighted by Crippen LogP contribution is -2.49. The summed E-state index contributed by atoms with van der Waals surface area (Å²) >= 11 is 0. The third-order valence-electron chi connectivity index (χ3n) is 6.25. The average molecular weight is 541 g/mol. The number of esters is 1. The van der Waals surface area contributed by atoms with Crippen molar-refractivity contribution in [2.45, 2.75) is 39.0 Å². The number of alkyl carbamates (subject to hydrolysis) is 1. The molecule has 4 aromatic rings. The number of carbonyl (C=O) groups excluding carboxylic acids is 2. The van der Waals surface area contributed by atoms with Crippen molar-refractivity contribution in [3.05, 3.63) is 127 Å². The van der Waals surface area contributed by atoms with Gasteiger partial charge in [0.1, 0.15) is 41.5 Å². The van der Waals surface area contributed by atoms with Gasteiger partial charge < -0.3 is 14.8 Å². The van der Waals surface area contributed by atoms with Crippen LogP contribution in [-0.4, -0.2) is 29.9 Å². The van der Waals surface area contributed by atoms with E-state index in [9.17, 15) is 9.59 Å². The first-order chi connectivity index (χ1) is 18.8. The summed E-state index contributed by atoms with van der Waals surface area (Å²) in [5, 5.41) is 6.18. The lowest BCUT2D eigenvalue weighted by Gasteiger charge is -2.31. The molecule has 6 heteroatoms. The molecule has 200 valence electrons. The van der Waals surface area contributed by atoms with Gasteiger partial charge in [0, 0.05) is 0 Å². The van der Waals surface area contributed by atoms with Gasteiger partial charge in [-0.15, -0.1) is 0 Å². The highest BCUT2D eigenvalue weighted by atomic mass is 31.2. The summed E-state index contributed by atoms with van der Waals surface area (Å²) < 4.78 is 11.4. The molecule has 4 aromatic carbocycles. The molecule has 0 bridgehead atoms.